The second-order valence-corrected chi connectivity index (χ2v) is 7.35. The van der Waals surface area contributed by atoms with Crippen molar-refractivity contribution in [2.24, 2.45) is 7.05 Å². The summed E-state index contributed by atoms with van der Waals surface area (Å²) < 4.78 is 42.1. The molecule has 0 radical (unpaired) electrons. The first-order valence-electron chi connectivity index (χ1n) is 6.25. The number of fused-ring (bicyclic) bond motifs is 1. The molecule has 3 aromatic rings. The number of nitrogens with zero attached hydrogens (tertiary/aromatic N) is 1. The minimum absolute atomic E-state index is 0.0195. The lowest BCUT2D eigenvalue weighted by molar-refractivity contribution is 0.601. The smallest absolute Gasteiger partial charge is 0.302 e. The molecule has 1 aromatic heterocycles. The maximum Gasteiger partial charge on any atom is 0.307 e. The van der Waals surface area contributed by atoms with E-state index in [9.17, 15) is 17.6 Å². The molecule has 3 rings (SSSR count). The average molecular weight is 338 g/mol. The van der Waals surface area contributed by atoms with E-state index in [4.69, 9.17) is 0 Å². The molecule has 0 unspecified atom stereocenters. The molecule has 0 aliphatic heterocycles. The first-order chi connectivity index (χ1) is 10.4. The number of rotatable bonds is 3. The molecule has 0 spiro atoms. The van der Waals surface area contributed by atoms with Crippen LogP contribution in [0.2, 0.25) is 0 Å². The maximum atomic E-state index is 13.1. The summed E-state index contributed by atoms with van der Waals surface area (Å²) in [5.74, 6) is -0.531. The van der Waals surface area contributed by atoms with Gasteiger partial charge in [-0.1, -0.05) is 17.4 Å². The van der Waals surface area contributed by atoms with Gasteiger partial charge >= 0.3 is 4.87 Å². The van der Waals surface area contributed by atoms with Crippen LogP contribution in [0.3, 0.4) is 0 Å². The molecule has 0 bridgehead atoms. The lowest BCUT2D eigenvalue weighted by atomic mass is 10.3. The zero-order valence-electron chi connectivity index (χ0n) is 11.4. The molecule has 8 heteroatoms. The normalized spacial score (nSPS) is 11.7. The van der Waals surface area contributed by atoms with Crippen molar-refractivity contribution < 1.29 is 12.8 Å². The van der Waals surface area contributed by atoms with Crippen molar-refractivity contribution in [2.45, 2.75) is 4.90 Å². The molecule has 0 amide bonds. The van der Waals surface area contributed by atoms with Gasteiger partial charge in [-0.3, -0.25) is 9.52 Å². The number of sulfonamides is 1. The van der Waals surface area contributed by atoms with E-state index in [0.717, 1.165) is 17.4 Å². The Kier molecular flexibility index (Phi) is 3.50. The van der Waals surface area contributed by atoms with Gasteiger partial charge in [0.1, 0.15) is 5.82 Å². The van der Waals surface area contributed by atoms with Crippen LogP contribution in [0.25, 0.3) is 10.2 Å². The molecular formula is C14H11FN2O3S2. The SMILES string of the molecule is Cn1c(=O)sc2cc(S(=O)(=O)Nc3cccc(F)c3)ccc21. The fourth-order valence-corrected chi connectivity index (χ4v) is 4.12. The predicted octanol–water partition coefficient (Wildman–Crippen LogP) is 2.54. The highest BCUT2D eigenvalue weighted by Gasteiger charge is 2.16. The number of anilines is 1. The Hall–Kier alpha value is -2.19. The average Bonchev–Trinajstić information content (AvgIpc) is 2.73. The maximum absolute atomic E-state index is 13.1. The van der Waals surface area contributed by atoms with E-state index in [1.54, 1.807) is 13.1 Å². The summed E-state index contributed by atoms with van der Waals surface area (Å²) in [6.45, 7) is 0. The fraction of sp³-hybridized carbons (Fsp3) is 0.0714. The molecule has 0 saturated heterocycles. The van der Waals surface area contributed by atoms with Crippen LogP contribution in [0.5, 0.6) is 0 Å². The van der Waals surface area contributed by atoms with Gasteiger partial charge in [0.05, 0.1) is 20.8 Å². The van der Waals surface area contributed by atoms with Gasteiger partial charge in [-0.25, -0.2) is 12.8 Å². The summed E-state index contributed by atoms with van der Waals surface area (Å²) >= 11 is 0.973. The Labute approximate surface area is 129 Å². The number of hydrogen-bond acceptors (Lipinski definition) is 4. The Bertz CT molecular complexity index is 1020. The van der Waals surface area contributed by atoms with Crippen molar-refractivity contribution in [1.82, 2.24) is 4.57 Å². The number of nitrogens with one attached hydrogen (secondary N) is 1. The highest BCUT2D eigenvalue weighted by atomic mass is 32.2. The largest absolute Gasteiger partial charge is 0.307 e. The summed E-state index contributed by atoms with van der Waals surface area (Å²) in [5.41, 5.74) is 0.807. The monoisotopic (exact) mass is 338 g/mol. The zero-order chi connectivity index (χ0) is 15.9. The van der Waals surface area contributed by atoms with Crippen molar-refractivity contribution in [2.75, 3.05) is 4.72 Å². The van der Waals surface area contributed by atoms with Crippen LogP contribution in [-0.2, 0) is 17.1 Å². The van der Waals surface area contributed by atoms with Gasteiger partial charge in [0, 0.05) is 7.05 Å². The molecule has 0 aliphatic rings. The van der Waals surface area contributed by atoms with E-state index in [0.29, 0.717) is 10.2 Å². The van der Waals surface area contributed by atoms with E-state index in [1.807, 2.05) is 0 Å². The van der Waals surface area contributed by atoms with Gasteiger partial charge < -0.3 is 4.57 Å². The zero-order valence-corrected chi connectivity index (χ0v) is 13.0. The van der Waals surface area contributed by atoms with Crippen LogP contribution in [-0.4, -0.2) is 13.0 Å². The van der Waals surface area contributed by atoms with Crippen LogP contribution in [0.1, 0.15) is 0 Å². The lowest BCUT2D eigenvalue weighted by Crippen LogP contribution is -2.13. The number of halogens is 1. The van der Waals surface area contributed by atoms with Gasteiger partial charge in [0.25, 0.3) is 10.0 Å². The number of benzene rings is 2. The van der Waals surface area contributed by atoms with Crippen LogP contribution in [0, 0.1) is 5.82 Å². The summed E-state index contributed by atoms with van der Waals surface area (Å²) in [4.78, 5) is 11.5. The van der Waals surface area contributed by atoms with Crippen molar-refractivity contribution in [3.05, 3.63) is 57.9 Å². The molecule has 5 nitrogen and oxygen atoms in total. The fourth-order valence-electron chi connectivity index (χ4n) is 2.05. The standard InChI is InChI=1S/C14H11FN2O3S2/c1-17-12-6-5-11(8-13(12)21-14(17)18)22(19,20)16-10-4-2-3-9(15)7-10/h2-8,16H,1H3. The van der Waals surface area contributed by atoms with Crippen molar-refractivity contribution >= 4 is 37.3 Å². The summed E-state index contributed by atoms with van der Waals surface area (Å²) in [7, 11) is -2.22. The van der Waals surface area contributed by atoms with Gasteiger partial charge in [0.2, 0.25) is 0 Å². The van der Waals surface area contributed by atoms with Crippen molar-refractivity contribution in [3.8, 4) is 0 Å². The van der Waals surface area contributed by atoms with Gasteiger partial charge in [0.15, 0.2) is 0 Å². The minimum Gasteiger partial charge on any atom is -0.302 e. The van der Waals surface area contributed by atoms with E-state index in [1.165, 1.54) is 34.9 Å². The van der Waals surface area contributed by atoms with Gasteiger partial charge in [-0.15, -0.1) is 0 Å². The predicted molar refractivity (Wildman–Crippen MR) is 84.3 cm³/mol. The third-order valence-electron chi connectivity index (χ3n) is 3.15. The van der Waals surface area contributed by atoms with Crippen molar-refractivity contribution in [1.29, 1.82) is 0 Å². The highest BCUT2D eigenvalue weighted by Crippen LogP contribution is 2.23. The second kappa shape index (κ2) is 5.22. The minimum atomic E-state index is -3.85. The van der Waals surface area contributed by atoms with Gasteiger partial charge in [-0.05, 0) is 36.4 Å². The Morgan fingerprint density at radius 2 is 1.95 bits per heavy atom. The topological polar surface area (TPSA) is 68.2 Å². The molecule has 114 valence electrons. The first kappa shape index (κ1) is 14.7. The summed E-state index contributed by atoms with van der Waals surface area (Å²) in [5, 5.41) is 0. The number of aromatic nitrogens is 1. The van der Waals surface area contributed by atoms with Gasteiger partial charge in [-0.2, -0.15) is 0 Å². The van der Waals surface area contributed by atoms with E-state index < -0.39 is 15.8 Å². The molecule has 0 saturated carbocycles. The highest BCUT2D eigenvalue weighted by molar-refractivity contribution is 7.92. The molecule has 0 aliphatic carbocycles. The molecule has 0 atom stereocenters. The first-order valence-corrected chi connectivity index (χ1v) is 8.55. The quantitative estimate of drug-likeness (QED) is 0.798. The van der Waals surface area contributed by atoms with Crippen LogP contribution < -0.4 is 9.60 Å². The molecule has 1 heterocycles. The summed E-state index contributed by atoms with van der Waals surface area (Å²) in [6, 6.07) is 9.62. The summed E-state index contributed by atoms with van der Waals surface area (Å²) in [6.07, 6.45) is 0. The molecule has 2 aromatic carbocycles. The van der Waals surface area contributed by atoms with Crippen LogP contribution >= 0.6 is 11.3 Å². The van der Waals surface area contributed by atoms with E-state index >= 15 is 0 Å². The third-order valence-corrected chi connectivity index (χ3v) is 5.53. The Morgan fingerprint density at radius 3 is 2.68 bits per heavy atom. The molecule has 0 fully saturated rings. The number of thiazole rings is 1. The second-order valence-electron chi connectivity index (χ2n) is 4.67. The van der Waals surface area contributed by atoms with Crippen molar-refractivity contribution in [3.63, 3.8) is 0 Å². The van der Waals surface area contributed by atoms with Crippen LogP contribution in [0.4, 0.5) is 10.1 Å². The molecule has 22 heavy (non-hydrogen) atoms. The van der Waals surface area contributed by atoms with Crippen LogP contribution in [0.15, 0.2) is 52.2 Å². The molecular weight excluding hydrogens is 327 g/mol. The third kappa shape index (κ3) is 2.62. The Morgan fingerprint density at radius 1 is 1.18 bits per heavy atom. The van der Waals surface area contributed by atoms with E-state index in [2.05, 4.69) is 4.72 Å². The lowest BCUT2D eigenvalue weighted by Gasteiger charge is -2.08. The number of aryl methyl sites for hydroxylation is 1. The molecule has 1 N–H and O–H groups in total. The number of hydrogen-bond donors (Lipinski definition) is 1. The Balaban J connectivity index is 2.03. The van der Waals surface area contributed by atoms with E-state index in [-0.39, 0.29) is 15.5 Å².